The fourth-order valence-corrected chi connectivity index (χ4v) is 5.22. The number of pyridine rings is 1. The number of hydrogen-bond acceptors (Lipinski definition) is 6. The molecule has 2 atom stereocenters. The van der Waals surface area contributed by atoms with E-state index < -0.39 is 11.6 Å². The highest BCUT2D eigenvalue weighted by Crippen LogP contribution is 2.47. The highest BCUT2D eigenvalue weighted by atomic mass is 35.5. The largest absolute Gasteiger partial charge is 0.465 e. The summed E-state index contributed by atoms with van der Waals surface area (Å²) in [6.45, 7) is 1.26. The Morgan fingerprint density at radius 1 is 1.23 bits per heavy atom. The minimum Gasteiger partial charge on any atom is -0.465 e. The maximum Gasteiger partial charge on any atom is 0.340 e. The number of piperidine rings is 1. The van der Waals surface area contributed by atoms with Crippen LogP contribution in [0.15, 0.2) is 42.6 Å². The van der Waals surface area contributed by atoms with Crippen molar-refractivity contribution in [2.24, 2.45) is 0 Å². The van der Waals surface area contributed by atoms with E-state index in [1.54, 1.807) is 6.07 Å². The molecule has 0 aliphatic carbocycles. The van der Waals surface area contributed by atoms with Gasteiger partial charge in [0.1, 0.15) is 12.0 Å². The zero-order valence-corrected chi connectivity index (χ0v) is 18.0. The number of carbonyl (C=O) groups excluding carboxylic acids is 2. The van der Waals surface area contributed by atoms with Gasteiger partial charge in [-0.1, -0.05) is 41.9 Å². The average Bonchev–Trinajstić information content (AvgIpc) is 3.32. The van der Waals surface area contributed by atoms with Crippen molar-refractivity contribution in [2.45, 2.75) is 43.6 Å². The summed E-state index contributed by atoms with van der Waals surface area (Å²) in [4.78, 5) is 33.6. The van der Waals surface area contributed by atoms with Crippen molar-refractivity contribution >= 4 is 29.3 Å². The average molecular weight is 442 g/mol. The van der Waals surface area contributed by atoms with Crippen molar-refractivity contribution in [3.8, 4) is 0 Å². The molecule has 1 spiro atoms. The number of rotatable bonds is 3. The second-order valence-electron chi connectivity index (χ2n) is 8.28. The minimum absolute atomic E-state index is 0.0856. The van der Waals surface area contributed by atoms with Crippen LogP contribution in [0.2, 0.25) is 5.02 Å². The Labute approximate surface area is 185 Å². The Kier molecular flexibility index (Phi) is 5.10. The van der Waals surface area contributed by atoms with Gasteiger partial charge < -0.3 is 19.3 Å². The van der Waals surface area contributed by atoms with Crippen LogP contribution in [0.4, 0.5) is 5.82 Å². The van der Waals surface area contributed by atoms with Crippen LogP contribution < -0.4 is 4.90 Å². The molecule has 5 rings (SSSR count). The van der Waals surface area contributed by atoms with Gasteiger partial charge in [-0.2, -0.15) is 0 Å². The number of amides is 1. The number of fused-ring (bicyclic) bond motifs is 1. The van der Waals surface area contributed by atoms with Gasteiger partial charge in [-0.15, -0.1) is 0 Å². The Bertz CT molecular complexity index is 1010. The van der Waals surface area contributed by atoms with Gasteiger partial charge in [0, 0.05) is 38.2 Å². The Morgan fingerprint density at radius 3 is 2.65 bits per heavy atom. The fraction of sp³-hybridized carbons (Fsp3) is 0.435. The smallest absolute Gasteiger partial charge is 0.340 e. The van der Waals surface area contributed by atoms with Crippen molar-refractivity contribution in [1.29, 1.82) is 0 Å². The number of ether oxygens (including phenoxy) is 2. The van der Waals surface area contributed by atoms with Crippen LogP contribution in [0.3, 0.4) is 0 Å². The zero-order valence-electron chi connectivity index (χ0n) is 17.3. The van der Waals surface area contributed by atoms with Crippen LogP contribution in [-0.2, 0) is 14.3 Å². The first kappa shape index (κ1) is 20.3. The van der Waals surface area contributed by atoms with E-state index in [-0.39, 0.29) is 23.7 Å². The second-order valence-corrected chi connectivity index (χ2v) is 8.69. The Hall–Kier alpha value is -2.64. The van der Waals surface area contributed by atoms with Gasteiger partial charge in [-0.25, -0.2) is 9.78 Å². The molecular weight excluding hydrogens is 418 g/mol. The molecule has 3 saturated heterocycles. The molecule has 1 aromatic heterocycles. The monoisotopic (exact) mass is 441 g/mol. The van der Waals surface area contributed by atoms with E-state index in [2.05, 4.69) is 22.0 Å². The van der Waals surface area contributed by atoms with E-state index in [4.69, 9.17) is 21.1 Å². The van der Waals surface area contributed by atoms with E-state index in [1.165, 1.54) is 18.9 Å². The van der Waals surface area contributed by atoms with Gasteiger partial charge in [0.25, 0.3) is 5.91 Å². The summed E-state index contributed by atoms with van der Waals surface area (Å²) >= 11 is 6.25. The maximum atomic E-state index is 13.5. The van der Waals surface area contributed by atoms with Crippen LogP contribution in [0.25, 0.3) is 0 Å². The van der Waals surface area contributed by atoms with Gasteiger partial charge in [-0.05, 0) is 18.4 Å². The van der Waals surface area contributed by atoms with Crippen LogP contribution in [0.1, 0.15) is 47.6 Å². The first-order valence-electron chi connectivity index (χ1n) is 10.6. The zero-order chi connectivity index (χ0) is 21.6. The van der Waals surface area contributed by atoms with Gasteiger partial charge in [-0.3, -0.25) is 4.79 Å². The maximum absolute atomic E-state index is 13.5. The molecule has 0 radical (unpaired) electrons. The molecule has 31 heavy (non-hydrogen) atoms. The van der Waals surface area contributed by atoms with Gasteiger partial charge >= 0.3 is 5.97 Å². The van der Waals surface area contributed by atoms with E-state index in [0.29, 0.717) is 36.8 Å². The van der Waals surface area contributed by atoms with E-state index >= 15 is 0 Å². The number of nitrogens with zero attached hydrogens (tertiary/aromatic N) is 3. The summed E-state index contributed by atoms with van der Waals surface area (Å²) in [7, 11) is 1.31. The molecule has 0 saturated carbocycles. The lowest BCUT2D eigenvalue weighted by atomic mass is 9.89. The molecule has 2 aromatic rings. The van der Waals surface area contributed by atoms with Crippen molar-refractivity contribution in [2.75, 3.05) is 25.1 Å². The standard InChI is InChI=1S/C23H24ClN3O4/c1-30-21(28)16-14-25-19(13-17(16)24)26-11-9-23(10-12-26)22(29)27-18(7-8-20(27)31-23)15-5-3-2-4-6-15/h2-6,13-14,18,20H,7-12H2,1H3. The molecular formula is C23H24ClN3O4. The molecule has 3 fully saturated rings. The third kappa shape index (κ3) is 3.36. The van der Waals surface area contributed by atoms with E-state index in [0.717, 1.165) is 12.8 Å². The summed E-state index contributed by atoms with van der Waals surface area (Å²) < 4.78 is 11.1. The number of aromatic nitrogens is 1. The molecule has 162 valence electrons. The van der Waals surface area contributed by atoms with Crippen LogP contribution >= 0.6 is 11.6 Å². The molecule has 8 heteroatoms. The van der Waals surface area contributed by atoms with Crippen molar-refractivity contribution in [1.82, 2.24) is 9.88 Å². The van der Waals surface area contributed by atoms with Crippen LogP contribution in [0, 0.1) is 0 Å². The second kappa shape index (κ2) is 7.80. The summed E-state index contributed by atoms with van der Waals surface area (Å²) in [6.07, 6.45) is 4.28. The molecule has 0 N–H and O–H groups in total. The molecule has 3 aliphatic heterocycles. The lowest BCUT2D eigenvalue weighted by molar-refractivity contribution is -0.140. The van der Waals surface area contributed by atoms with Gasteiger partial charge in [0.15, 0.2) is 5.60 Å². The lowest BCUT2D eigenvalue weighted by Gasteiger charge is -2.38. The Morgan fingerprint density at radius 2 is 1.97 bits per heavy atom. The lowest BCUT2D eigenvalue weighted by Crippen LogP contribution is -2.50. The third-order valence-electron chi connectivity index (χ3n) is 6.64. The molecule has 7 nitrogen and oxygen atoms in total. The topological polar surface area (TPSA) is 72.0 Å². The summed E-state index contributed by atoms with van der Waals surface area (Å²) in [5, 5.41) is 0.302. The van der Waals surface area contributed by atoms with Gasteiger partial charge in [0.2, 0.25) is 0 Å². The molecule has 0 bridgehead atoms. The number of esters is 1. The number of benzene rings is 1. The SMILES string of the molecule is COC(=O)c1cnc(N2CCC3(CC2)OC2CCC(c4ccccc4)N2C3=O)cc1Cl. The molecule has 4 heterocycles. The molecule has 1 amide bonds. The quantitative estimate of drug-likeness (QED) is 0.678. The number of carbonyl (C=O) groups is 2. The van der Waals surface area contributed by atoms with E-state index in [9.17, 15) is 9.59 Å². The highest BCUT2D eigenvalue weighted by molar-refractivity contribution is 6.33. The number of halogens is 1. The molecule has 3 aliphatic rings. The normalized spacial score (nSPS) is 24.5. The number of anilines is 1. The third-order valence-corrected chi connectivity index (χ3v) is 6.96. The minimum atomic E-state index is -0.760. The molecule has 1 aromatic carbocycles. The Balaban J connectivity index is 1.30. The van der Waals surface area contributed by atoms with Crippen LogP contribution in [-0.4, -0.2) is 53.8 Å². The first-order chi connectivity index (χ1) is 15.0. The number of methoxy groups -OCH3 is 1. The molecule has 2 unspecified atom stereocenters. The van der Waals surface area contributed by atoms with E-state index in [1.807, 2.05) is 23.1 Å². The van der Waals surface area contributed by atoms with Crippen LogP contribution in [0.5, 0.6) is 0 Å². The van der Waals surface area contributed by atoms with Crippen molar-refractivity contribution in [3.05, 3.63) is 58.7 Å². The van der Waals surface area contributed by atoms with Gasteiger partial charge in [0.05, 0.1) is 23.7 Å². The predicted molar refractivity (Wildman–Crippen MR) is 115 cm³/mol. The summed E-state index contributed by atoms with van der Waals surface area (Å²) in [5.41, 5.74) is 0.647. The first-order valence-corrected chi connectivity index (χ1v) is 10.9. The fourth-order valence-electron chi connectivity index (χ4n) is 5.00. The summed E-state index contributed by atoms with van der Waals surface area (Å²) in [5.74, 6) is 0.274. The summed E-state index contributed by atoms with van der Waals surface area (Å²) in [6, 6.07) is 12.0. The highest BCUT2D eigenvalue weighted by Gasteiger charge is 2.57. The number of hydrogen-bond donors (Lipinski definition) is 0. The predicted octanol–water partition coefficient (Wildman–Crippen LogP) is 3.58. The van der Waals surface area contributed by atoms with Crippen molar-refractivity contribution in [3.63, 3.8) is 0 Å². The van der Waals surface area contributed by atoms with Crippen molar-refractivity contribution < 1.29 is 19.1 Å².